The van der Waals surface area contributed by atoms with Crippen LogP contribution in [0.3, 0.4) is 0 Å². The van der Waals surface area contributed by atoms with E-state index in [0.717, 1.165) is 61.5 Å². The summed E-state index contributed by atoms with van der Waals surface area (Å²) in [6.07, 6.45) is 0. The molecule has 0 amide bonds. The van der Waals surface area contributed by atoms with Crippen molar-refractivity contribution in [3.8, 4) is 28.2 Å². The van der Waals surface area contributed by atoms with E-state index in [9.17, 15) is 0 Å². The number of fused-ring (bicyclic) bond motifs is 5. The fourth-order valence-corrected chi connectivity index (χ4v) is 6.70. The van der Waals surface area contributed by atoms with E-state index in [1.54, 1.807) is 0 Å². The maximum Gasteiger partial charge on any atom is 0.0776 e. The number of hydrogen-bond acceptors (Lipinski definition) is 3. The molecule has 0 bridgehead atoms. The molecule has 3 heterocycles. The van der Waals surface area contributed by atoms with Crippen LogP contribution in [0.1, 0.15) is 0 Å². The fourth-order valence-electron chi connectivity index (χ4n) is 6.70. The molecule has 0 saturated carbocycles. The van der Waals surface area contributed by atoms with Crippen molar-refractivity contribution in [2.75, 3.05) is 16.8 Å². The quantitative estimate of drug-likeness (QED) is 0.167. The van der Waals surface area contributed by atoms with Gasteiger partial charge in [0.05, 0.1) is 16.9 Å². The molecule has 2 aromatic heterocycles. The van der Waals surface area contributed by atoms with Gasteiger partial charge in [-0.3, -0.25) is 4.98 Å². The summed E-state index contributed by atoms with van der Waals surface area (Å²) in [6, 6.07) is 52.2. The number of para-hydroxylation sites is 3. The second kappa shape index (κ2) is 11.0. The summed E-state index contributed by atoms with van der Waals surface area (Å²) in [5, 5.41) is 2.33. The van der Waals surface area contributed by atoms with Crippen LogP contribution in [0.15, 0.2) is 127 Å². The molecule has 1 aliphatic heterocycles. The standard InChI is InChI=1S/C40H28N5.Pt/c1-42-26-44(38-18-9-8-17-37(38)42)30-13-10-14-31(25-30)45-35-16-7-6-15-32(35)33-21-19-29(24-39(33)45)40-41-34-23-28(20-22-36(34)43(40)2)27-11-4-3-5-12-27;/h3-23,26H,1-2H3;/q-3;. The van der Waals surface area contributed by atoms with E-state index in [1.807, 2.05) is 6.07 Å². The van der Waals surface area contributed by atoms with Gasteiger partial charge >= 0.3 is 0 Å². The second-order valence-electron chi connectivity index (χ2n) is 11.6. The van der Waals surface area contributed by atoms with Gasteiger partial charge in [-0.05, 0) is 59.4 Å². The van der Waals surface area contributed by atoms with Crippen molar-refractivity contribution in [2.45, 2.75) is 0 Å². The molecule has 6 heteroatoms. The van der Waals surface area contributed by atoms with Gasteiger partial charge in [0.25, 0.3) is 0 Å². The van der Waals surface area contributed by atoms with Crippen molar-refractivity contribution in [2.24, 2.45) is 7.05 Å². The summed E-state index contributed by atoms with van der Waals surface area (Å²) in [6.45, 7) is 2.12. The van der Waals surface area contributed by atoms with Gasteiger partial charge in [0.1, 0.15) is 0 Å². The van der Waals surface area contributed by atoms with Crippen LogP contribution in [0.5, 0.6) is 0 Å². The Bertz CT molecular complexity index is 2410. The molecule has 0 fully saturated rings. The van der Waals surface area contributed by atoms with Crippen molar-refractivity contribution in [3.05, 3.63) is 146 Å². The molecule has 6 aromatic carbocycles. The van der Waals surface area contributed by atoms with E-state index < -0.39 is 0 Å². The summed E-state index contributed by atoms with van der Waals surface area (Å²) in [5.41, 5.74) is 11.7. The number of hydrogen-bond donors (Lipinski definition) is 0. The third kappa shape index (κ3) is 4.38. The molecule has 8 aromatic rings. The normalized spacial score (nSPS) is 12.7. The number of anilines is 3. The van der Waals surface area contributed by atoms with Gasteiger partial charge in [-0.15, -0.1) is 47.6 Å². The van der Waals surface area contributed by atoms with Gasteiger partial charge in [-0.25, -0.2) is 0 Å². The Balaban J connectivity index is 0.00000312. The predicted octanol–water partition coefficient (Wildman–Crippen LogP) is 9.31. The molecular weight excluding hydrogens is 746 g/mol. The van der Waals surface area contributed by atoms with Gasteiger partial charge in [-0.2, -0.15) is 12.7 Å². The Labute approximate surface area is 282 Å². The molecule has 0 unspecified atom stereocenters. The third-order valence-corrected chi connectivity index (χ3v) is 8.89. The molecule has 9 rings (SSSR count). The van der Waals surface area contributed by atoms with Crippen LogP contribution in [0.2, 0.25) is 0 Å². The number of aryl methyl sites for hydroxylation is 1. The molecule has 0 radical (unpaired) electrons. The summed E-state index contributed by atoms with van der Waals surface area (Å²) in [5.74, 6) is 0.887. The molecule has 1 aliphatic rings. The minimum atomic E-state index is 0. The molecule has 0 saturated heterocycles. The maximum atomic E-state index is 5.13. The Hall–Kier alpha value is -5.12. The van der Waals surface area contributed by atoms with Crippen molar-refractivity contribution in [1.29, 1.82) is 0 Å². The average Bonchev–Trinajstić information content (AvgIpc) is 3.73. The van der Waals surface area contributed by atoms with Gasteiger partial charge in [0.2, 0.25) is 0 Å². The summed E-state index contributed by atoms with van der Waals surface area (Å²) < 4.78 is 4.44. The minimum absolute atomic E-state index is 0. The first-order valence-electron chi connectivity index (χ1n) is 15.1. The summed E-state index contributed by atoms with van der Waals surface area (Å²) >= 11 is 0. The number of rotatable bonds is 4. The zero-order chi connectivity index (χ0) is 30.1. The van der Waals surface area contributed by atoms with Gasteiger partial charge in [-0.1, -0.05) is 77.8 Å². The van der Waals surface area contributed by atoms with Gasteiger partial charge in [0.15, 0.2) is 0 Å². The van der Waals surface area contributed by atoms with Crippen LogP contribution in [0, 0.1) is 18.8 Å². The third-order valence-electron chi connectivity index (χ3n) is 8.89. The Kier molecular flexibility index (Phi) is 6.81. The van der Waals surface area contributed by atoms with E-state index in [2.05, 4.69) is 173 Å². The predicted molar refractivity (Wildman–Crippen MR) is 185 cm³/mol. The minimum Gasteiger partial charge on any atom is -0.504 e. The van der Waals surface area contributed by atoms with Crippen molar-refractivity contribution >= 4 is 49.9 Å². The number of imidazole rings is 1. The SMILES string of the molecule is CN1[CH-]N(c2[c-]c(-n3c4[c-]c(-c5nc6cc(-c7ccccc7)ccc6n5C)ccc4c4ccccc43)ccc2)c2ccccc21.[Pt]. The zero-order valence-electron chi connectivity index (χ0n) is 25.3. The monoisotopic (exact) mass is 773 g/mol. The molecule has 0 N–H and O–H groups in total. The van der Waals surface area contributed by atoms with E-state index in [1.165, 1.54) is 16.6 Å². The number of benzene rings is 6. The van der Waals surface area contributed by atoms with Crippen molar-refractivity contribution in [1.82, 2.24) is 14.1 Å². The Morgan fingerprint density at radius 2 is 1.37 bits per heavy atom. The first-order chi connectivity index (χ1) is 22.1. The van der Waals surface area contributed by atoms with Crippen LogP contribution < -0.4 is 9.80 Å². The number of aromatic nitrogens is 3. The van der Waals surface area contributed by atoms with E-state index >= 15 is 0 Å². The van der Waals surface area contributed by atoms with Crippen molar-refractivity contribution in [3.63, 3.8) is 0 Å². The van der Waals surface area contributed by atoms with E-state index in [-0.39, 0.29) is 21.1 Å². The van der Waals surface area contributed by atoms with Crippen LogP contribution in [0.25, 0.3) is 61.0 Å². The molecule has 5 nitrogen and oxygen atoms in total. The summed E-state index contributed by atoms with van der Waals surface area (Å²) in [4.78, 5) is 9.47. The molecule has 226 valence electrons. The van der Waals surface area contributed by atoms with E-state index in [0.29, 0.717) is 0 Å². The van der Waals surface area contributed by atoms with Crippen LogP contribution in [-0.2, 0) is 28.1 Å². The number of nitrogens with zero attached hydrogens (tertiary/aromatic N) is 5. The smallest absolute Gasteiger partial charge is 0.0776 e. The molecule has 46 heavy (non-hydrogen) atoms. The average molecular weight is 774 g/mol. The van der Waals surface area contributed by atoms with Crippen LogP contribution >= 0.6 is 0 Å². The Morgan fingerprint density at radius 3 is 2.24 bits per heavy atom. The molecular formula is C40H28N5Pt-3. The first kappa shape index (κ1) is 28.4. The molecule has 0 aliphatic carbocycles. The topological polar surface area (TPSA) is 29.2 Å². The van der Waals surface area contributed by atoms with Crippen LogP contribution in [-0.4, -0.2) is 21.2 Å². The fraction of sp³-hybridized carbons (Fsp3) is 0.0500. The van der Waals surface area contributed by atoms with Crippen LogP contribution in [0.4, 0.5) is 17.1 Å². The molecule has 0 spiro atoms. The Morgan fingerprint density at radius 1 is 0.609 bits per heavy atom. The van der Waals surface area contributed by atoms with Gasteiger partial charge < -0.3 is 18.9 Å². The largest absolute Gasteiger partial charge is 0.504 e. The van der Waals surface area contributed by atoms with E-state index in [4.69, 9.17) is 4.98 Å². The zero-order valence-corrected chi connectivity index (χ0v) is 27.5. The summed E-state index contributed by atoms with van der Waals surface area (Å²) in [7, 11) is 4.16. The molecule has 0 atom stereocenters. The first-order valence-corrected chi connectivity index (χ1v) is 15.1. The van der Waals surface area contributed by atoms with Crippen molar-refractivity contribution < 1.29 is 21.1 Å². The second-order valence-corrected chi connectivity index (χ2v) is 11.6. The van der Waals surface area contributed by atoms with Gasteiger partial charge in [0, 0.05) is 45.0 Å². The maximum absolute atomic E-state index is 5.13.